The third kappa shape index (κ3) is 3.36. The quantitative estimate of drug-likeness (QED) is 0.633. The van der Waals surface area contributed by atoms with Crippen LogP contribution in [0.25, 0.3) is 0 Å². The summed E-state index contributed by atoms with van der Waals surface area (Å²) >= 11 is 0. The minimum Gasteiger partial charge on any atom is -0.377 e. The lowest BCUT2D eigenvalue weighted by Gasteiger charge is -2.26. The fourth-order valence-corrected chi connectivity index (χ4v) is 2.66. The Bertz CT molecular complexity index is 264. The van der Waals surface area contributed by atoms with Crippen molar-refractivity contribution in [2.45, 2.75) is 57.8 Å². The van der Waals surface area contributed by atoms with E-state index in [1.165, 1.54) is 38.5 Å². The SMILES string of the molecule is O=C1CCCCCC/C1=C/N1CCCCC1. The third-order valence-electron chi connectivity index (χ3n) is 3.69. The minimum atomic E-state index is 0.408. The van der Waals surface area contributed by atoms with Gasteiger partial charge in [-0.3, -0.25) is 4.79 Å². The summed E-state index contributed by atoms with van der Waals surface area (Å²) < 4.78 is 0. The molecule has 0 aromatic rings. The van der Waals surface area contributed by atoms with Crippen molar-refractivity contribution < 1.29 is 4.79 Å². The van der Waals surface area contributed by atoms with E-state index in [1.807, 2.05) is 0 Å². The standard InChI is InChI=1S/C14H23NO/c16-14-9-5-2-1-4-8-13(14)12-15-10-6-3-7-11-15/h12H,1-11H2/b13-12-. The molecule has 0 spiro atoms. The van der Waals surface area contributed by atoms with Crippen LogP contribution >= 0.6 is 0 Å². The minimum absolute atomic E-state index is 0.408. The summed E-state index contributed by atoms with van der Waals surface area (Å²) in [6.45, 7) is 2.30. The second-order valence-corrected chi connectivity index (χ2v) is 5.09. The van der Waals surface area contributed by atoms with Crippen LogP contribution in [0.1, 0.15) is 57.8 Å². The second-order valence-electron chi connectivity index (χ2n) is 5.09. The van der Waals surface area contributed by atoms with Crippen molar-refractivity contribution in [2.24, 2.45) is 0 Å². The molecule has 0 N–H and O–H groups in total. The predicted octanol–water partition coefficient (Wildman–Crippen LogP) is 3.28. The monoisotopic (exact) mass is 221 g/mol. The van der Waals surface area contributed by atoms with E-state index in [1.54, 1.807) is 0 Å². The lowest BCUT2D eigenvalue weighted by molar-refractivity contribution is -0.116. The third-order valence-corrected chi connectivity index (χ3v) is 3.69. The van der Waals surface area contributed by atoms with Crippen LogP contribution in [0.2, 0.25) is 0 Å². The second kappa shape index (κ2) is 6.07. The van der Waals surface area contributed by atoms with Crippen molar-refractivity contribution in [1.82, 2.24) is 4.90 Å². The Labute approximate surface area is 98.7 Å². The first-order valence-corrected chi connectivity index (χ1v) is 6.84. The number of ketones is 1. The molecular weight excluding hydrogens is 198 g/mol. The van der Waals surface area contributed by atoms with Crippen molar-refractivity contribution >= 4 is 5.78 Å². The van der Waals surface area contributed by atoms with Gasteiger partial charge in [-0.05, 0) is 38.5 Å². The number of allylic oxidation sites excluding steroid dienone is 1. The van der Waals surface area contributed by atoms with E-state index in [4.69, 9.17) is 0 Å². The molecule has 1 aliphatic heterocycles. The average Bonchev–Trinajstić information content (AvgIpc) is 2.30. The molecule has 0 amide bonds. The van der Waals surface area contributed by atoms with Gasteiger partial charge in [0.1, 0.15) is 0 Å². The Morgan fingerprint density at radius 3 is 2.19 bits per heavy atom. The molecule has 1 saturated carbocycles. The summed E-state index contributed by atoms with van der Waals surface area (Å²) in [5.41, 5.74) is 1.10. The molecule has 0 aromatic heterocycles. The van der Waals surface area contributed by atoms with E-state index < -0.39 is 0 Å². The first kappa shape index (κ1) is 11.7. The zero-order valence-corrected chi connectivity index (χ0v) is 10.2. The molecule has 2 aliphatic rings. The highest BCUT2D eigenvalue weighted by molar-refractivity contribution is 5.95. The van der Waals surface area contributed by atoms with Crippen molar-refractivity contribution in [3.05, 3.63) is 11.8 Å². The molecule has 2 heteroatoms. The fourth-order valence-electron chi connectivity index (χ4n) is 2.66. The van der Waals surface area contributed by atoms with Crippen LogP contribution < -0.4 is 0 Å². The van der Waals surface area contributed by atoms with Gasteiger partial charge in [0.25, 0.3) is 0 Å². The zero-order chi connectivity index (χ0) is 11.2. The molecule has 2 rings (SSSR count). The van der Waals surface area contributed by atoms with Crippen LogP contribution in [0.15, 0.2) is 11.8 Å². The van der Waals surface area contributed by atoms with Crippen LogP contribution in [0.4, 0.5) is 0 Å². The lowest BCUT2D eigenvalue weighted by atomic mass is 9.95. The van der Waals surface area contributed by atoms with Gasteiger partial charge in [-0.1, -0.05) is 12.8 Å². The van der Waals surface area contributed by atoms with Crippen molar-refractivity contribution in [1.29, 1.82) is 0 Å². The Kier molecular flexibility index (Phi) is 4.44. The summed E-state index contributed by atoms with van der Waals surface area (Å²) in [6.07, 6.45) is 12.7. The Balaban J connectivity index is 1.97. The number of hydrogen-bond acceptors (Lipinski definition) is 2. The number of likely N-dealkylation sites (tertiary alicyclic amines) is 1. The molecule has 1 aliphatic carbocycles. The number of hydrogen-bond donors (Lipinski definition) is 0. The van der Waals surface area contributed by atoms with Crippen molar-refractivity contribution in [2.75, 3.05) is 13.1 Å². The number of Topliss-reactive ketones (excluding diaryl/α,β-unsaturated/α-hetero) is 1. The molecule has 1 saturated heterocycles. The van der Waals surface area contributed by atoms with Gasteiger partial charge in [0.15, 0.2) is 5.78 Å². The Morgan fingerprint density at radius 1 is 0.812 bits per heavy atom. The van der Waals surface area contributed by atoms with E-state index in [-0.39, 0.29) is 0 Å². The number of rotatable bonds is 1. The Hall–Kier alpha value is -0.790. The number of carbonyl (C=O) groups is 1. The van der Waals surface area contributed by atoms with E-state index in [0.717, 1.165) is 37.9 Å². The summed E-state index contributed by atoms with van der Waals surface area (Å²) in [6, 6.07) is 0. The number of nitrogens with zero attached hydrogens (tertiary/aromatic N) is 1. The maximum Gasteiger partial charge on any atom is 0.160 e. The average molecular weight is 221 g/mol. The molecule has 0 unspecified atom stereocenters. The van der Waals surface area contributed by atoms with Gasteiger partial charge >= 0.3 is 0 Å². The van der Waals surface area contributed by atoms with Crippen LogP contribution in [0, 0.1) is 0 Å². The fraction of sp³-hybridized carbons (Fsp3) is 0.786. The highest BCUT2D eigenvalue weighted by Crippen LogP contribution is 2.20. The van der Waals surface area contributed by atoms with Crippen LogP contribution in [0.5, 0.6) is 0 Å². The van der Waals surface area contributed by atoms with Crippen molar-refractivity contribution in [3.8, 4) is 0 Å². The summed E-state index contributed by atoms with van der Waals surface area (Å²) in [5, 5.41) is 0. The molecule has 0 atom stereocenters. The maximum absolute atomic E-state index is 11.9. The molecule has 2 nitrogen and oxygen atoms in total. The van der Waals surface area contributed by atoms with Gasteiger partial charge in [0.2, 0.25) is 0 Å². The first-order valence-electron chi connectivity index (χ1n) is 6.84. The largest absolute Gasteiger partial charge is 0.377 e. The van der Waals surface area contributed by atoms with Crippen molar-refractivity contribution in [3.63, 3.8) is 0 Å². The van der Waals surface area contributed by atoms with E-state index >= 15 is 0 Å². The van der Waals surface area contributed by atoms with Gasteiger partial charge in [-0.2, -0.15) is 0 Å². The summed E-state index contributed by atoms with van der Waals surface area (Å²) in [4.78, 5) is 14.3. The molecular formula is C14H23NO. The maximum atomic E-state index is 11.9. The highest BCUT2D eigenvalue weighted by Gasteiger charge is 2.14. The summed E-state index contributed by atoms with van der Waals surface area (Å²) in [5.74, 6) is 0.408. The molecule has 2 fully saturated rings. The molecule has 90 valence electrons. The highest BCUT2D eigenvalue weighted by atomic mass is 16.1. The summed E-state index contributed by atoms with van der Waals surface area (Å²) in [7, 11) is 0. The van der Waals surface area contributed by atoms with Gasteiger partial charge in [0.05, 0.1) is 0 Å². The van der Waals surface area contributed by atoms with Crippen LogP contribution in [-0.4, -0.2) is 23.8 Å². The van der Waals surface area contributed by atoms with Crippen LogP contribution in [-0.2, 0) is 4.79 Å². The molecule has 0 radical (unpaired) electrons. The molecule has 0 aromatic carbocycles. The topological polar surface area (TPSA) is 20.3 Å². The Morgan fingerprint density at radius 2 is 1.44 bits per heavy atom. The van der Waals surface area contributed by atoms with Gasteiger partial charge in [-0.15, -0.1) is 0 Å². The zero-order valence-electron chi connectivity index (χ0n) is 10.2. The smallest absolute Gasteiger partial charge is 0.160 e. The normalized spacial score (nSPS) is 26.6. The number of piperidine rings is 1. The van der Waals surface area contributed by atoms with Gasteiger partial charge in [0, 0.05) is 31.3 Å². The van der Waals surface area contributed by atoms with Gasteiger partial charge < -0.3 is 4.90 Å². The molecule has 16 heavy (non-hydrogen) atoms. The van der Waals surface area contributed by atoms with E-state index in [9.17, 15) is 4.79 Å². The molecule has 0 bridgehead atoms. The van der Waals surface area contributed by atoms with Crippen LogP contribution in [0.3, 0.4) is 0 Å². The lowest BCUT2D eigenvalue weighted by Crippen LogP contribution is -2.25. The van der Waals surface area contributed by atoms with E-state index in [0.29, 0.717) is 5.78 Å². The van der Waals surface area contributed by atoms with Gasteiger partial charge in [-0.25, -0.2) is 0 Å². The number of carbonyl (C=O) groups excluding carboxylic acids is 1. The van der Waals surface area contributed by atoms with E-state index in [2.05, 4.69) is 11.1 Å². The first-order chi connectivity index (χ1) is 7.86. The molecule has 1 heterocycles. The predicted molar refractivity (Wildman–Crippen MR) is 66.2 cm³/mol.